The number of carbonyl (C=O) groups is 3. The van der Waals surface area contributed by atoms with E-state index in [9.17, 15) is 14.4 Å². The molecule has 0 bridgehead atoms. The molecule has 0 unspecified atom stereocenters. The number of rotatable bonds is 7. The van der Waals surface area contributed by atoms with Gasteiger partial charge in [0.05, 0.1) is 5.41 Å². The van der Waals surface area contributed by atoms with E-state index in [0.717, 1.165) is 0 Å². The third kappa shape index (κ3) is 6.15. The first-order chi connectivity index (χ1) is 7.66. The third-order valence-corrected chi connectivity index (χ3v) is 3.50. The number of aliphatic carboxylic acids is 2. The lowest BCUT2D eigenvalue weighted by Crippen LogP contribution is -2.42. The van der Waals surface area contributed by atoms with Crippen molar-refractivity contribution in [3.05, 3.63) is 0 Å². The Labute approximate surface area is 104 Å². The molecule has 0 saturated heterocycles. The highest BCUT2D eigenvalue weighted by Gasteiger charge is 2.28. The molecular formula is C10H17NO5S. The van der Waals surface area contributed by atoms with Crippen LogP contribution in [0.15, 0.2) is 0 Å². The summed E-state index contributed by atoms with van der Waals surface area (Å²) in [7, 11) is 0. The molecule has 0 aromatic rings. The van der Waals surface area contributed by atoms with Gasteiger partial charge in [0, 0.05) is 18.4 Å². The minimum atomic E-state index is -1.12. The summed E-state index contributed by atoms with van der Waals surface area (Å²) in [6.45, 7) is 4.37. The zero-order valence-electron chi connectivity index (χ0n) is 10.0. The summed E-state index contributed by atoms with van der Waals surface area (Å²) in [5, 5.41) is 20.0. The van der Waals surface area contributed by atoms with Crippen molar-refractivity contribution in [1.82, 2.24) is 5.32 Å². The highest BCUT2D eigenvalue weighted by atomic mass is 32.2. The predicted octanol–water partition coefficient (Wildman–Crippen LogP) is 0.420. The van der Waals surface area contributed by atoms with Gasteiger partial charge in [-0.25, -0.2) is 4.79 Å². The maximum absolute atomic E-state index is 10.8. The van der Waals surface area contributed by atoms with E-state index in [1.54, 1.807) is 13.8 Å². The molecule has 0 rings (SSSR count). The fourth-order valence-corrected chi connectivity index (χ4v) is 2.13. The Balaban J connectivity index is 4.20. The van der Waals surface area contributed by atoms with Crippen molar-refractivity contribution < 1.29 is 24.6 Å². The average molecular weight is 263 g/mol. The minimum Gasteiger partial charge on any atom is -0.481 e. The molecule has 0 saturated carbocycles. The first-order valence-electron chi connectivity index (χ1n) is 4.98. The molecule has 6 nitrogen and oxygen atoms in total. The highest BCUT2D eigenvalue weighted by Crippen LogP contribution is 2.22. The van der Waals surface area contributed by atoms with Gasteiger partial charge >= 0.3 is 11.9 Å². The Hall–Kier alpha value is -1.24. The SMILES string of the molecule is CC(=O)N[C@@H](CSCC(C)(C)C(=O)O)C(=O)O. The van der Waals surface area contributed by atoms with Crippen molar-refractivity contribution in [2.45, 2.75) is 26.8 Å². The number of thioether (sulfide) groups is 1. The monoisotopic (exact) mass is 263 g/mol. The summed E-state index contributed by atoms with van der Waals surface area (Å²) in [4.78, 5) is 32.3. The molecule has 0 fully saturated rings. The molecule has 17 heavy (non-hydrogen) atoms. The lowest BCUT2D eigenvalue weighted by Gasteiger charge is -2.20. The van der Waals surface area contributed by atoms with E-state index in [2.05, 4.69) is 5.32 Å². The Bertz CT molecular complexity index is 316. The van der Waals surface area contributed by atoms with Crippen molar-refractivity contribution in [2.24, 2.45) is 5.41 Å². The fraction of sp³-hybridized carbons (Fsp3) is 0.700. The van der Waals surface area contributed by atoms with E-state index < -0.39 is 29.3 Å². The number of amides is 1. The molecule has 0 heterocycles. The molecule has 3 N–H and O–H groups in total. The van der Waals surface area contributed by atoms with Crippen molar-refractivity contribution in [3.8, 4) is 0 Å². The van der Waals surface area contributed by atoms with Crippen LogP contribution in [0.5, 0.6) is 0 Å². The molecule has 1 amide bonds. The number of carboxylic acid groups (broad SMARTS) is 2. The van der Waals surface area contributed by atoms with Crippen LogP contribution in [-0.2, 0) is 14.4 Å². The number of carboxylic acids is 2. The fourth-order valence-electron chi connectivity index (χ4n) is 0.914. The zero-order valence-corrected chi connectivity index (χ0v) is 10.8. The molecule has 98 valence electrons. The Morgan fingerprint density at radius 1 is 1.29 bits per heavy atom. The zero-order chi connectivity index (χ0) is 13.6. The number of carbonyl (C=O) groups excluding carboxylic acids is 1. The molecule has 7 heteroatoms. The topological polar surface area (TPSA) is 104 Å². The second-order valence-corrected chi connectivity index (χ2v) is 5.33. The van der Waals surface area contributed by atoms with Gasteiger partial charge in [-0.15, -0.1) is 0 Å². The van der Waals surface area contributed by atoms with E-state index in [-0.39, 0.29) is 11.5 Å². The third-order valence-electron chi connectivity index (χ3n) is 2.00. The molecule has 0 aliphatic rings. The van der Waals surface area contributed by atoms with Gasteiger partial charge in [-0.2, -0.15) is 11.8 Å². The van der Waals surface area contributed by atoms with Gasteiger partial charge in [-0.3, -0.25) is 9.59 Å². The van der Waals surface area contributed by atoms with Gasteiger partial charge in [0.25, 0.3) is 0 Å². The Kier molecular flexibility index (Phi) is 6.01. The van der Waals surface area contributed by atoms with Crippen LogP contribution in [0.4, 0.5) is 0 Å². The van der Waals surface area contributed by atoms with Crippen LogP contribution in [0.1, 0.15) is 20.8 Å². The lowest BCUT2D eigenvalue weighted by atomic mass is 9.97. The van der Waals surface area contributed by atoms with Gasteiger partial charge in [0.1, 0.15) is 6.04 Å². The average Bonchev–Trinajstić information content (AvgIpc) is 2.14. The van der Waals surface area contributed by atoms with Crippen molar-refractivity contribution in [2.75, 3.05) is 11.5 Å². The van der Waals surface area contributed by atoms with Gasteiger partial charge < -0.3 is 15.5 Å². The maximum Gasteiger partial charge on any atom is 0.327 e. The van der Waals surface area contributed by atoms with Crippen molar-refractivity contribution in [1.29, 1.82) is 0 Å². The van der Waals surface area contributed by atoms with Gasteiger partial charge in [0.2, 0.25) is 5.91 Å². The van der Waals surface area contributed by atoms with Crippen LogP contribution in [0.25, 0.3) is 0 Å². The Morgan fingerprint density at radius 3 is 2.18 bits per heavy atom. The maximum atomic E-state index is 10.8. The summed E-state index contributed by atoms with van der Waals surface area (Å²) in [6.07, 6.45) is 0. The van der Waals surface area contributed by atoms with Crippen molar-refractivity contribution >= 4 is 29.6 Å². The van der Waals surface area contributed by atoms with Crippen LogP contribution in [0, 0.1) is 5.41 Å². The second-order valence-electron chi connectivity index (χ2n) is 4.30. The van der Waals surface area contributed by atoms with Gasteiger partial charge in [0.15, 0.2) is 0 Å². The smallest absolute Gasteiger partial charge is 0.327 e. The first kappa shape index (κ1) is 15.8. The minimum absolute atomic E-state index is 0.144. The van der Waals surface area contributed by atoms with E-state index in [4.69, 9.17) is 10.2 Å². The summed E-state index contributed by atoms with van der Waals surface area (Å²) in [5.41, 5.74) is -0.913. The standard InChI is InChI=1S/C10H17NO5S/c1-6(12)11-7(8(13)14)4-17-5-10(2,3)9(15)16/h7H,4-5H2,1-3H3,(H,11,12)(H,13,14)(H,15,16)/t7-/m0/s1. The van der Waals surface area contributed by atoms with Crippen LogP contribution >= 0.6 is 11.8 Å². The first-order valence-corrected chi connectivity index (χ1v) is 6.13. The van der Waals surface area contributed by atoms with E-state index >= 15 is 0 Å². The van der Waals surface area contributed by atoms with Crippen LogP contribution in [0.3, 0.4) is 0 Å². The highest BCUT2D eigenvalue weighted by molar-refractivity contribution is 7.99. The summed E-state index contributed by atoms with van der Waals surface area (Å²) >= 11 is 1.19. The van der Waals surface area contributed by atoms with E-state index in [1.165, 1.54) is 18.7 Å². The second kappa shape index (κ2) is 6.48. The summed E-state index contributed by atoms with van der Waals surface area (Å²) in [6, 6.07) is -0.984. The Morgan fingerprint density at radius 2 is 1.82 bits per heavy atom. The molecular weight excluding hydrogens is 246 g/mol. The van der Waals surface area contributed by atoms with Crippen molar-refractivity contribution in [3.63, 3.8) is 0 Å². The van der Waals surface area contributed by atoms with Gasteiger partial charge in [-0.05, 0) is 13.8 Å². The molecule has 1 atom stereocenters. The van der Waals surface area contributed by atoms with Crippen LogP contribution in [-0.4, -0.2) is 45.6 Å². The van der Waals surface area contributed by atoms with Gasteiger partial charge in [-0.1, -0.05) is 0 Å². The largest absolute Gasteiger partial charge is 0.481 e. The summed E-state index contributed by atoms with van der Waals surface area (Å²) < 4.78 is 0. The predicted molar refractivity (Wildman–Crippen MR) is 64.0 cm³/mol. The van der Waals surface area contributed by atoms with E-state index in [1.807, 2.05) is 0 Å². The quantitative estimate of drug-likeness (QED) is 0.615. The van der Waals surface area contributed by atoms with E-state index in [0.29, 0.717) is 0 Å². The van der Waals surface area contributed by atoms with Crippen LogP contribution < -0.4 is 5.32 Å². The molecule has 0 aromatic carbocycles. The molecule has 0 aliphatic carbocycles. The lowest BCUT2D eigenvalue weighted by molar-refractivity contribution is -0.145. The molecule has 0 spiro atoms. The molecule has 0 aromatic heterocycles. The number of nitrogens with one attached hydrogen (secondary N) is 1. The number of hydrogen-bond donors (Lipinski definition) is 3. The molecule has 0 aliphatic heterocycles. The molecule has 0 radical (unpaired) electrons. The van der Waals surface area contributed by atoms with Crippen LogP contribution in [0.2, 0.25) is 0 Å². The summed E-state index contributed by atoms with van der Waals surface area (Å²) in [5.74, 6) is -2.05. The normalized spacial score (nSPS) is 12.9. The number of hydrogen-bond acceptors (Lipinski definition) is 4.